The van der Waals surface area contributed by atoms with Gasteiger partial charge in [0.25, 0.3) is 0 Å². The zero-order valence-corrected chi connectivity index (χ0v) is 11.6. The maximum Gasteiger partial charge on any atom is 0.325 e. The Balaban J connectivity index is 2.94. The van der Waals surface area contributed by atoms with Crippen molar-refractivity contribution in [1.82, 2.24) is 4.72 Å². The van der Waals surface area contributed by atoms with Crippen molar-refractivity contribution < 1.29 is 27.9 Å². The van der Waals surface area contributed by atoms with Gasteiger partial charge in [-0.05, 0) is 19.1 Å². The fourth-order valence-corrected chi connectivity index (χ4v) is 4.26. The van der Waals surface area contributed by atoms with Gasteiger partial charge in [0.2, 0.25) is 10.0 Å². The first-order valence-corrected chi connectivity index (χ1v) is 7.87. The van der Waals surface area contributed by atoms with E-state index in [1.807, 2.05) is 0 Å². The summed E-state index contributed by atoms with van der Waals surface area (Å²) in [5.41, 5.74) is -1.52. The van der Waals surface area contributed by atoms with Crippen LogP contribution in [0, 0.1) is 0 Å². The molecule has 0 aromatic rings. The number of rotatable bonds is 5. The molecule has 0 bridgehead atoms. The van der Waals surface area contributed by atoms with Crippen LogP contribution in [-0.4, -0.2) is 54.9 Å². The molecule has 2 unspecified atom stereocenters. The number of nitrogens with one attached hydrogen (secondary N) is 1. The summed E-state index contributed by atoms with van der Waals surface area (Å²) in [7, 11) is -3.00. The summed E-state index contributed by atoms with van der Waals surface area (Å²) in [4.78, 5) is 22.4. The van der Waals surface area contributed by atoms with Crippen LogP contribution in [0.4, 0.5) is 0 Å². The number of thioether (sulfide) groups is 1. The molecule has 1 saturated heterocycles. The molecule has 0 aliphatic carbocycles. The van der Waals surface area contributed by atoms with Crippen molar-refractivity contribution in [2.24, 2.45) is 0 Å². The second-order valence-corrected chi connectivity index (χ2v) is 7.11. The van der Waals surface area contributed by atoms with Gasteiger partial charge in [0.15, 0.2) is 5.25 Å². The predicted octanol–water partition coefficient (Wildman–Crippen LogP) is -0.572. The lowest BCUT2D eigenvalue weighted by molar-refractivity contribution is -0.143. The minimum Gasteiger partial charge on any atom is -0.480 e. The van der Waals surface area contributed by atoms with Gasteiger partial charge in [-0.1, -0.05) is 0 Å². The van der Waals surface area contributed by atoms with Crippen molar-refractivity contribution in [3.05, 3.63) is 0 Å². The molecular formula is C9H15NO6S2. The number of carbonyl (C=O) groups is 2. The van der Waals surface area contributed by atoms with Gasteiger partial charge in [0, 0.05) is 5.75 Å². The van der Waals surface area contributed by atoms with Crippen LogP contribution in [0.3, 0.4) is 0 Å². The van der Waals surface area contributed by atoms with Crippen LogP contribution in [0.15, 0.2) is 0 Å². The van der Waals surface area contributed by atoms with Gasteiger partial charge in [-0.15, -0.1) is 0 Å². The highest BCUT2D eigenvalue weighted by Gasteiger charge is 2.47. The fraction of sp³-hybridized carbons (Fsp3) is 0.778. The normalized spacial score (nSPS) is 25.7. The van der Waals surface area contributed by atoms with Crippen LogP contribution in [0.1, 0.15) is 13.3 Å². The van der Waals surface area contributed by atoms with E-state index >= 15 is 0 Å². The molecule has 1 aliphatic heterocycles. The van der Waals surface area contributed by atoms with E-state index in [0.29, 0.717) is 5.75 Å². The lowest BCUT2D eigenvalue weighted by Crippen LogP contribution is -2.57. The van der Waals surface area contributed by atoms with E-state index in [2.05, 4.69) is 9.46 Å². The summed E-state index contributed by atoms with van der Waals surface area (Å²) in [6.07, 6.45) is 0.195. The Kier molecular flexibility index (Phi) is 4.62. The van der Waals surface area contributed by atoms with Gasteiger partial charge in [0.1, 0.15) is 5.54 Å². The summed E-state index contributed by atoms with van der Waals surface area (Å²) < 4.78 is 30.3. The summed E-state index contributed by atoms with van der Waals surface area (Å²) >= 11 is 1.35. The molecular weight excluding hydrogens is 282 g/mol. The Morgan fingerprint density at radius 3 is 2.50 bits per heavy atom. The van der Waals surface area contributed by atoms with Crippen LogP contribution < -0.4 is 4.72 Å². The summed E-state index contributed by atoms with van der Waals surface area (Å²) in [5, 5.41) is 7.71. The first-order valence-electron chi connectivity index (χ1n) is 5.17. The van der Waals surface area contributed by atoms with E-state index in [1.165, 1.54) is 11.8 Å². The highest BCUT2D eigenvalue weighted by molar-refractivity contribution is 7.99. The predicted molar refractivity (Wildman–Crippen MR) is 65.8 cm³/mol. The Morgan fingerprint density at radius 1 is 1.50 bits per heavy atom. The van der Waals surface area contributed by atoms with Crippen LogP contribution in [0.25, 0.3) is 0 Å². The third-order valence-corrected chi connectivity index (χ3v) is 5.76. The molecule has 104 valence electrons. The SMILES string of the molecule is COC(=O)C(C)S(=O)(=O)NC1(C(=O)O)CCSC1. The Hall–Kier alpha value is -0.800. The number of carboxylic acids is 1. The van der Waals surface area contributed by atoms with E-state index in [0.717, 1.165) is 14.0 Å². The molecule has 1 rings (SSSR count). The van der Waals surface area contributed by atoms with Crippen LogP contribution in [-0.2, 0) is 24.3 Å². The van der Waals surface area contributed by atoms with E-state index < -0.39 is 32.8 Å². The van der Waals surface area contributed by atoms with Gasteiger partial charge >= 0.3 is 11.9 Å². The van der Waals surface area contributed by atoms with E-state index in [9.17, 15) is 18.0 Å². The monoisotopic (exact) mass is 297 g/mol. The number of hydrogen-bond donors (Lipinski definition) is 2. The number of ether oxygens (including phenoxy) is 1. The quantitative estimate of drug-likeness (QED) is 0.654. The molecule has 0 aromatic heterocycles. The number of carboxylic acid groups (broad SMARTS) is 1. The minimum absolute atomic E-state index is 0.148. The topological polar surface area (TPSA) is 110 Å². The molecule has 0 spiro atoms. The average Bonchev–Trinajstić information content (AvgIpc) is 2.76. The molecule has 1 aliphatic rings. The summed E-state index contributed by atoms with van der Waals surface area (Å²) in [6, 6.07) is 0. The highest BCUT2D eigenvalue weighted by Crippen LogP contribution is 2.29. The maximum absolute atomic E-state index is 11.9. The Bertz CT molecular complexity index is 440. The van der Waals surface area contributed by atoms with Crippen molar-refractivity contribution in [2.45, 2.75) is 24.1 Å². The number of esters is 1. The van der Waals surface area contributed by atoms with Gasteiger partial charge < -0.3 is 9.84 Å². The average molecular weight is 297 g/mol. The molecule has 9 heteroatoms. The molecule has 2 atom stereocenters. The second kappa shape index (κ2) is 5.45. The highest BCUT2D eigenvalue weighted by atomic mass is 32.2. The van der Waals surface area contributed by atoms with Gasteiger partial charge in [0.05, 0.1) is 7.11 Å². The third kappa shape index (κ3) is 2.96. The van der Waals surface area contributed by atoms with Gasteiger partial charge in [-0.2, -0.15) is 16.5 Å². The molecule has 1 fully saturated rings. The largest absolute Gasteiger partial charge is 0.480 e. The fourth-order valence-electron chi connectivity index (χ4n) is 1.51. The first-order chi connectivity index (χ1) is 8.25. The number of aliphatic carboxylic acids is 1. The van der Waals surface area contributed by atoms with E-state index in [1.54, 1.807) is 0 Å². The standard InChI is InChI=1S/C9H15NO6S2/c1-6(7(11)16-2)18(14,15)10-9(8(12)13)3-4-17-5-9/h6,10H,3-5H2,1-2H3,(H,12,13). The third-order valence-electron chi connectivity index (χ3n) is 2.77. The molecule has 18 heavy (non-hydrogen) atoms. The van der Waals surface area contributed by atoms with Crippen LogP contribution in [0.5, 0.6) is 0 Å². The smallest absolute Gasteiger partial charge is 0.325 e. The second-order valence-electron chi connectivity index (χ2n) is 4.00. The maximum atomic E-state index is 11.9. The van der Waals surface area contributed by atoms with Crippen molar-refractivity contribution in [3.63, 3.8) is 0 Å². The van der Waals surface area contributed by atoms with Crippen LogP contribution >= 0.6 is 11.8 Å². The number of sulfonamides is 1. The first kappa shape index (κ1) is 15.3. The van der Waals surface area contributed by atoms with Crippen molar-refractivity contribution in [3.8, 4) is 0 Å². The van der Waals surface area contributed by atoms with Gasteiger partial charge in [-0.25, -0.2) is 8.42 Å². The minimum atomic E-state index is -4.08. The molecule has 0 radical (unpaired) electrons. The molecule has 0 amide bonds. The van der Waals surface area contributed by atoms with E-state index in [-0.39, 0.29) is 12.2 Å². The van der Waals surface area contributed by atoms with Crippen molar-refractivity contribution in [1.29, 1.82) is 0 Å². The lowest BCUT2D eigenvalue weighted by Gasteiger charge is -2.25. The lowest BCUT2D eigenvalue weighted by atomic mass is 10.0. The number of methoxy groups -OCH3 is 1. The van der Waals surface area contributed by atoms with Crippen molar-refractivity contribution in [2.75, 3.05) is 18.6 Å². The molecule has 7 nitrogen and oxygen atoms in total. The van der Waals surface area contributed by atoms with E-state index in [4.69, 9.17) is 5.11 Å². The van der Waals surface area contributed by atoms with Crippen LogP contribution in [0.2, 0.25) is 0 Å². The molecule has 1 heterocycles. The molecule has 2 N–H and O–H groups in total. The number of hydrogen-bond acceptors (Lipinski definition) is 6. The Morgan fingerprint density at radius 2 is 2.11 bits per heavy atom. The Labute approximate surface area is 109 Å². The summed E-state index contributed by atoms with van der Waals surface area (Å²) in [6.45, 7) is 1.16. The molecule has 0 saturated carbocycles. The zero-order chi connectivity index (χ0) is 14.0. The zero-order valence-electron chi connectivity index (χ0n) is 10.0. The molecule has 0 aromatic carbocycles. The number of carbonyl (C=O) groups excluding carboxylic acids is 1. The van der Waals surface area contributed by atoms with Crippen molar-refractivity contribution >= 4 is 33.7 Å². The summed E-state index contributed by atoms with van der Waals surface area (Å²) in [5.74, 6) is -1.45. The van der Waals surface area contributed by atoms with Gasteiger partial charge in [-0.3, -0.25) is 9.59 Å².